The highest BCUT2D eigenvalue weighted by molar-refractivity contribution is 5.84. The van der Waals surface area contributed by atoms with E-state index in [9.17, 15) is 0 Å². The fourth-order valence-corrected chi connectivity index (χ4v) is 2.46. The number of benzene rings is 1. The van der Waals surface area contributed by atoms with E-state index in [0.29, 0.717) is 0 Å². The van der Waals surface area contributed by atoms with Crippen LogP contribution in [0.25, 0.3) is 10.9 Å². The molecule has 0 unspecified atom stereocenters. The van der Waals surface area contributed by atoms with Crippen LogP contribution in [0.2, 0.25) is 0 Å². The predicted octanol–water partition coefficient (Wildman–Crippen LogP) is 2.40. The van der Waals surface area contributed by atoms with E-state index in [0.717, 1.165) is 18.3 Å². The Bertz CT molecular complexity index is 538. The fraction of sp³-hybridized carbons (Fsp3) is 0.429. The first kappa shape index (κ1) is 10.7. The molecule has 3 N–H and O–H groups in total. The van der Waals surface area contributed by atoms with Gasteiger partial charge in [0.15, 0.2) is 0 Å². The van der Waals surface area contributed by atoms with Crippen LogP contribution < -0.4 is 11.1 Å². The molecule has 0 atom stereocenters. The lowest BCUT2D eigenvalue weighted by Gasteiger charge is -2.26. The third-order valence-electron chi connectivity index (χ3n) is 3.84. The molecule has 0 spiro atoms. The average Bonchev–Trinajstić information content (AvgIpc) is 2.53. The van der Waals surface area contributed by atoms with E-state index in [4.69, 9.17) is 5.73 Å². The summed E-state index contributed by atoms with van der Waals surface area (Å²) >= 11 is 0. The van der Waals surface area contributed by atoms with Gasteiger partial charge in [0.2, 0.25) is 0 Å². The van der Waals surface area contributed by atoms with Gasteiger partial charge in [-0.15, -0.1) is 0 Å². The number of hydrogen-bond donors (Lipinski definition) is 2. The van der Waals surface area contributed by atoms with Crippen LogP contribution in [0.3, 0.4) is 0 Å². The Labute approximate surface area is 102 Å². The van der Waals surface area contributed by atoms with Crippen molar-refractivity contribution in [3.05, 3.63) is 30.0 Å². The molecule has 17 heavy (non-hydrogen) atoms. The maximum absolute atomic E-state index is 5.81. The van der Waals surface area contributed by atoms with Gasteiger partial charge in [-0.05, 0) is 37.1 Å². The van der Waals surface area contributed by atoms with Crippen LogP contribution in [0.15, 0.2) is 24.3 Å². The van der Waals surface area contributed by atoms with Crippen molar-refractivity contribution >= 4 is 16.6 Å². The maximum atomic E-state index is 5.81. The highest BCUT2D eigenvalue weighted by atomic mass is 15.0. The number of nitrogens with zero attached hydrogens (tertiary/aromatic N) is 1. The van der Waals surface area contributed by atoms with Gasteiger partial charge in [-0.1, -0.05) is 6.42 Å². The first-order valence-corrected chi connectivity index (χ1v) is 6.31. The molecule has 0 aliphatic heterocycles. The van der Waals surface area contributed by atoms with Crippen molar-refractivity contribution < 1.29 is 0 Å². The minimum atomic E-state index is 0.734. The number of aryl methyl sites for hydroxylation is 1. The summed E-state index contributed by atoms with van der Waals surface area (Å²) in [4.78, 5) is 0. The van der Waals surface area contributed by atoms with Gasteiger partial charge in [0.25, 0.3) is 0 Å². The highest BCUT2D eigenvalue weighted by Gasteiger charge is 2.17. The quantitative estimate of drug-likeness (QED) is 0.794. The van der Waals surface area contributed by atoms with Crippen molar-refractivity contribution in [1.82, 2.24) is 9.88 Å². The van der Waals surface area contributed by atoms with E-state index in [1.807, 2.05) is 12.1 Å². The van der Waals surface area contributed by atoms with Crippen molar-refractivity contribution in [3.63, 3.8) is 0 Å². The summed E-state index contributed by atoms with van der Waals surface area (Å²) in [5.41, 5.74) is 9.23. The van der Waals surface area contributed by atoms with Gasteiger partial charge in [0, 0.05) is 41.9 Å². The normalized spacial score (nSPS) is 16.3. The maximum Gasteiger partial charge on any atom is 0.0481 e. The number of nitrogen functional groups attached to an aromatic ring is 1. The summed E-state index contributed by atoms with van der Waals surface area (Å²) in [5, 5.41) is 4.83. The number of hydrogen-bond acceptors (Lipinski definition) is 2. The number of rotatable bonds is 3. The largest absolute Gasteiger partial charge is 0.399 e. The molecule has 3 nitrogen and oxygen atoms in total. The first-order chi connectivity index (χ1) is 8.24. The standard InChI is InChI=1S/C14H19N3/c1-17-13(9-16-12-3-2-4-12)8-10-7-11(15)5-6-14(10)17/h5-8,12,16H,2-4,9,15H2,1H3. The van der Waals surface area contributed by atoms with Crippen LogP contribution in [-0.4, -0.2) is 10.6 Å². The van der Waals surface area contributed by atoms with Gasteiger partial charge >= 0.3 is 0 Å². The van der Waals surface area contributed by atoms with Crippen LogP contribution in [0.4, 0.5) is 5.69 Å². The Morgan fingerprint density at radius 1 is 1.35 bits per heavy atom. The van der Waals surface area contributed by atoms with Crippen LogP contribution in [0.5, 0.6) is 0 Å². The minimum Gasteiger partial charge on any atom is -0.399 e. The monoisotopic (exact) mass is 229 g/mol. The molecule has 1 saturated carbocycles. The lowest BCUT2D eigenvalue weighted by Crippen LogP contribution is -2.34. The molecule has 3 heteroatoms. The van der Waals surface area contributed by atoms with Gasteiger partial charge in [-0.3, -0.25) is 0 Å². The Kier molecular flexibility index (Phi) is 2.56. The molecule has 1 fully saturated rings. The van der Waals surface area contributed by atoms with Gasteiger partial charge < -0.3 is 15.6 Å². The zero-order valence-corrected chi connectivity index (χ0v) is 10.2. The van der Waals surface area contributed by atoms with Crippen molar-refractivity contribution in [3.8, 4) is 0 Å². The number of aromatic nitrogens is 1. The second kappa shape index (κ2) is 4.08. The molecule has 1 heterocycles. The summed E-state index contributed by atoms with van der Waals surface area (Å²) in [5.74, 6) is 0. The zero-order valence-electron chi connectivity index (χ0n) is 10.2. The lowest BCUT2D eigenvalue weighted by molar-refractivity contribution is 0.336. The molecule has 3 rings (SSSR count). The SMILES string of the molecule is Cn1c(CNC2CCC2)cc2cc(N)ccc21. The van der Waals surface area contributed by atoms with Crippen molar-refractivity contribution in [2.24, 2.45) is 7.05 Å². The minimum absolute atomic E-state index is 0.734. The van der Waals surface area contributed by atoms with E-state index >= 15 is 0 Å². The third kappa shape index (κ3) is 1.91. The summed E-state index contributed by atoms with van der Waals surface area (Å²) in [6.07, 6.45) is 4.04. The van der Waals surface area contributed by atoms with Crippen LogP contribution in [0.1, 0.15) is 25.0 Å². The van der Waals surface area contributed by atoms with E-state index in [1.165, 1.54) is 35.9 Å². The molecule has 0 amide bonds. The summed E-state index contributed by atoms with van der Waals surface area (Å²) < 4.78 is 2.25. The number of fused-ring (bicyclic) bond motifs is 1. The van der Waals surface area contributed by atoms with Gasteiger partial charge in [-0.2, -0.15) is 0 Å². The summed E-state index contributed by atoms with van der Waals surface area (Å²) in [7, 11) is 2.12. The Morgan fingerprint density at radius 2 is 2.18 bits per heavy atom. The van der Waals surface area contributed by atoms with E-state index < -0.39 is 0 Å². The number of nitrogens with one attached hydrogen (secondary N) is 1. The molecule has 1 aliphatic carbocycles. The Hall–Kier alpha value is -1.48. The van der Waals surface area contributed by atoms with Gasteiger partial charge in [0.1, 0.15) is 0 Å². The fourth-order valence-electron chi connectivity index (χ4n) is 2.46. The average molecular weight is 229 g/mol. The lowest BCUT2D eigenvalue weighted by atomic mass is 9.93. The molecule has 1 aromatic heterocycles. The van der Waals surface area contributed by atoms with Gasteiger partial charge in [-0.25, -0.2) is 0 Å². The molecule has 0 bridgehead atoms. The van der Waals surface area contributed by atoms with E-state index in [-0.39, 0.29) is 0 Å². The Balaban J connectivity index is 1.85. The third-order valence-corrected chi connectivity index (χ3v) is 3.84. The first-order valence-electron chi connectivity index (χ1n) is 6.31. The van der Waals surface area contributed by atoms with Crippen molar-refractivity contribution in [1.29, 1.82) is 0 Å². The van der Waals surface area contributed by atoms with Crippen molar-refractivity contribution in [2.75, 3.05) is 5.73 Å². The summed E-state index contributed by atoms with van der Waals surface area (Å²) in [6, 6.07) is 9.07. The van der Waals surface area contributed by atoms with Crippen molar-refractivity contribution in [2.45, 2.75) is 31.8 Å². The van der Waals surface area contributed by atoms with Gasteiger partial charge in [0.05, 0.1) is 0 Å². The van der Waals surface area contributed by atoms with Crippen LogP contribution >= 0.6 is 0 Å². The smallest absolute Gasteiger partial charge is 0.0481 e. The number of nitrogens with two attached hydrogens (primary N) is 1. The molecule has 90 valence electrons. The molecule has 1 aliphatic rings. The topological polar surface area (TPSA) is 43.0 Å². The molecule has 0 saturated heterocycles. The highest BCUT2D eigenvalue weighted by Crippen LogP contribution is 2.23. The van der Waals surface area contributed by atoms with E-state index in [1.54, 1.807) is 0 Å². The van der Waals surface area contributed by atoms with E-state index in [2.05, 4.69) is 29.1 Å². The molecular formula is C14H19N3. The molecular weight excluding hydrogens is 210 g/mol. The Morgan fingerprint density at radius 3 is 2.88 bits per heavy atom. The zero-order chi connectivity index (χ0) is 11.8. The second-order valence-corrected chi connectivity index (χ2v) is 5.02. The second-order valence-electron chi connectivity index (χ2n) is 5.02. The predicted molar refractivity (Wildman–Crippen MR) is 71.8 cm³/mol. The molecule has 2 aromatic rings. The molecule has 1 aromatic carbocycles. The number of anilines is 1. The molecule has 0 radical (unpaired) electrons. The van der Waals surface area contributed by atoms with Crippen LogP contribution in [-0.2, 0) is 13.6 Å². The van der Waals surface area contributed by atoms with Crippen LogP contribution in [0, 0.1) is 0 Å². The summed E-state index contributed by atoms with van der Waals surface area (Å²) in [6.45, 7) is 0.954.